The van der Waals surface area contributed by atoms with E-state index in [1.54, 1.807) is 0 Å². The fourth-order valence-electron chi connectivity index (χ4n) is 2.11. The molecule has 16 heavy (non-hydrogen) atoms. The van der Waals surface area contributed by atoms with E-state index in [0.29, 0.717) is 0 Å². The van der Waals surface area contributed by atoms with Crippen molar-refractivity contribution in [2.45, 2.75) is 27.7 Å². The van der Waals surface area contributed by atoms with E-state index in [1.807, 2.05) is 6.92 Å². The van der Waals surface area contributed by atoms with Crippen molar-refractivity contribution in [3.63, 3.8) is 0 Å². The van der Waals surface area contributed by atoms with E-state index in [4.69, 9.17) is 0 Å². The molecule has 0 saturated carbocycles. The molecule has 82 valence electrons. The first-order valence-corrected chi connectivity index (χ1v) is 5.58. The van der Waals surface area contributed by atoms with Crippen molar-refractivity contribution in [2.75, 3.05) is 0 Å². The number of pyridine rings is 1. The van der Waals surface area contributed by atoms with Crippen LogP contribution < -0.4 is 0 Å². The Balaban J connectivity index is 2.57. The molecule has 1 heterocycles. The lowest BCUT2D eigenvalue weighted by molar-refractivity contribution is 1.18. The third kappa shape index (κ3) is 2.30. The van der Waals surface area contributed by atoms with Crippen molar-refractivity contribution in [2.24, 2.45) is 0 Å². The summed E-state index contributed by atoms with van der Waals surface area (Å²) in [4.78, 5) is 4.59. The molecule has 0 unspecified atom stereocenters. The molecule has 0 fully saturated rings. The van der Waals surface area contributed by atoms with Crippen LogP contribution in [0.1, 0.15) is 22.4 Å². The van der Waals surface area contributed by atoms with E-state index in [9.17, 15) is 0 Å². The second kappa shape index (κ2) is 4.09. The van der Waals surface area contributed by atoms with Crippen LogP contribution in [0.4, 0.5) is 0 Å². The summed E-state index contributed by atoms with van der Waals surface area (Å²) >= 11 is 0. The monoisotopic (exact) mass is 211 g/mol. The molecule has 0 amide bonds. The van der Waals surface area contributed by atoms with Gasteiger partial charge in [-0.05, 0) is 57.5 Å². The Morgan fingerprint density at radius 3 is 1.81 bits per heavy atom. The number of hydrogen-bond acceptors (Lipinski definition) is 1. The van der Waals surface area contributed by atoms with Gasteiger partial charge in [-0.2, -0.15) is 0 Å². The normalized spacial score (nSPS) is 10.5. The van der Waals surface area contributed by atoms with Crippen LogP contribution in [0.25, 0.3) is 11.3 Å². The predicted octanol–water partition coefficient (Wildman–Crippen LogP) is 3.98. The summed E-state index contributed by atoms with van der Waals surface area (Å²) in [6.45, 7) is 8.40. The summed E-state index contributed by atoms with van der Waals surface area (Å²) < 4.78 is 0. The van der Waals surface area contributed by atoms with E-state index < -0.39 is 0 Å². The van der Waals surface area contributed by atoms with E-state index in [0.717, 1.165) is 11.4 Å². The summed E-state index contributed by atoms with van der Waals surface area (Å²) in [6.07, 6.45) is 0. The maximum Gasteiger partial charge on any atom is 0.0707 e. The third-order valence-electron chi connectivity index (χ3n) is 2.62. The van der Waals surface area contributed by atoms with Crippen LogP contribution in [0.2, 0.25) is 0 Å². The number of nitrogens with zero attached hydrogens (tertiary/aromatic N) is 1. The molecule has 1 aromatic carbocycles. The van der Waals surface area contributed by atoms with Gasteiger partial charge in [0.25, 0.3) is 0 Å². The number of benzene rings is 1. The zero-order valence-electron chi connectivity index (χ0n) is 10.3. The molecule has 2 aromatic rings. The molecule has 1 heteroatoms. The van der Waals surface area contributed by atoms with E-state index in [2.05, 4.69) is 56.1 Å². The highest BCUT2D eigenvalue weighted by molar-refractivity contribution is 5.62. The van der Waals surface area contributed by atoms with Gasteiger partial charge in [0.05, 0.1) is 5.69 Å². The average molecular weight is 211 g/mol. The Bertz CT molecular complexity index is 437. The van der Waals surface area contributed by atoms with E-state index >= 15 is 0 Å². The van der Waals surface area contributed by atoms with Crippen LogP contribution in [-0.2, 0) is 0 Å². The zero-order chi connectivity index (χ0) is 11.7. The fraction of sp³-hybridized carbons (Fsp3) is 0.267. The topological polar surface area (TPSA) is 12.9 Å². The first-order valence-electron chi connectivity index (χ1n) is 5.58. The quantitative estimate of drug-likeness (QED) is 0.695. The molecule has 1 nitrogen and oxygen atoms in total. The molecule has 0 spiro atoms. The van der Waals surface area contributed by atoms with Crippen molar-refractivity contribution in [1.82, 2.24) is 4.98 Å². The van der Waals surface area contributed by atoms with E-state index in [1.165, 1.54) is 22.3 Å². The molecular formula is C15H17N. The van der Waals surface area contributed by atoms with Crippen LogP contribution in [0, 0.1) is 27.7 Å². The highest BCUT2D eigenvalue weighted by Crippen LogP contribution is 2.21. The van der Waals surface area contributed by atoms with Gasteiger partial charge in [-0.15, -0.1) is 0 Å². The van der Waals surface area contributed by atoms with Gasteiger partial charge >= 0.3 is 0 Å². The number of aryl methyl sites for hydroxylation is 4. The van der Waals surface area contributed by atoms with Crippen molar-refractivity contribution >= 4 is 0 Å². The van der Waals surface area contributed by atoms with Gasteiger partial charge in [-0.1, -0.05) is 17.2 Å². The Labute approximate surface area is 97.2 Å². The maximum atomic E-state index is 4.59. The van der Waals surface area contributed by atoms with Gasteiger partial charge in [0.2, 0.25) is 0 Å². The minimum absolute atomic E-state index is 1.07. The minimum Gasteiger partial charge on any atom is -0.253 e. The number of aromatic nitrogens is 1. The van der Waals surface area contributed by atoms with Crippen LogP contribution in [0.5, 0.6) is 0 Å². The molecule has 0 aliphatic rings. The van der Waals surface area contributed by atoms with Gasteiger partial charge in [0.15, 0.2) is 0 Å². The molecule has 0 bridgehead atoms. The van der Waals surface area contributed by atoms with Gasteiger partial charge in [0, 0.05) is 11.3 Å². The summed E-state index contributed by atoms with van der Waals surface area (Å²) in [5.74, 6) is 0. The standard InChI is InChI=1S/C15H17N/c1-10-5-11(2)8-14(7-10)15-9-12(3)6-13(4)16-15/h5-9H,1-4H3. The molecule has 1 aromatic heterocycles. The number of hydrogen-bond donors (Lipinski definition) is 0. The molecule has 0 N–H and O–H groups in total. The van der Waals surface area contributed by atoms with Crippen molar-refractivity contribution in [3.8, 4) is 11.3 Å². The predicted molar refractivity (Wildman–Crippen MR) is 68.6 cm³/mol. The molecule has 2 rings (SSSR count). The first-order chi connectivity index (χ1) is 7.54. The smallest absolute Gasteiger partial charge is 0.0707 e. The van der Waals surface area contributed by atoms with Crippen LogP contribution in [-0.4, -0.2) is 4.98 Å². The van der Waals surface area contributed by atoms with Gasteiger partial charge in [-0.25, -0.2) is 0 Å². The van der Waals surface area contributed by atoms with Crippen molar-refractivity contribution in [3.05, 3.63) is 52.7 Å². The van der Waals surface area contributed by atoms with Gasteiger partial charge in [-0.3, -0.25) is 4.98 Å². The lowest BCUT2D eigenvalue weighted by atomic mass is 10.0. The summed E-state index contributed by atoms with van der Waals surface area (Å²) in [5, 5.41) is 0. The third-order valence-corrected chi connectivity index (χ3v) is 2.62. The summed E-state index contributed by atoms with van der Waals surface area (Å²) in [7, 11) is 0. The first kappa shape index (κ1) is 10.9. The summed E-state index contributed by atoms with van der Waals surface area (Å²) in [6, 6.07) is 10.8. The zero-order valence-corrected chi connectivity index (χ0v) is 10.3. The number of rotatable bonds is 1. The van der Waals surface area contributed by atoms with Crippen molar-refractivity contribution in [1.29, 1.82) is 0 Å². The Kier molecular flexibility index (Phi) is 2.78. The van der Waals surface area contributed by atoms with Crippen LogP contribution >= 0.6 is 0 Å². The molecule has 0 aliphatic heterocycles. The fourth-order valence-corrected chi connectivity index (χ4v) is 2.11. The maximum absolute atomic E-state index is 4.59. The van der Waals surface area contributed by atoms with Gasteiger partial charge in [0.1, 0.15) is 0 Å². The SMILES string of the molecule is Cc1cc(C)cc(-c2cc(C)cc(C)n2)c1. The Hall–Kier alpha value is -1.63. The second-order valence-electron chi connectivity index (χ2n) is 4.55. The molecule has 0 aliphatic carbocycles. The van der Waals surface area contributed by atoms with E-state index in [-0.39, 0.29) is 0 Å². The molecule has 0 radical (unpaired) electrons. The lowest BCUT2D eigenvalue weighted by Crippen LogP contribution is -1.90. The largest absolute Gasteiger partial charge is 0.253 e. The lowest BCUT2D eigenvalue weighted by Gasteiger charge is -2.06. The molecule has 0 saturated heterocycles. The highest BCUT2D eigenvalue weighted by Gasteiger charge is 2.02. The Morgan fingerprint density at radius 1 is 0.688 bits per heavy atom. The molecular weight excluding hydrogens is 194 g/mol. The van der Waals surface area contributed by atoms with Crippen LogP contribution in [0.15, 0.2) is 30.3 Å². The van der Waals surface area contributed by atoms with Crippen molar-refractivity contribution < 1.29 is 0 Å². The average Bonchev–Trinajstić information content (AvgIpc) is 2.14. The van der Waals surface area contributed by atoms with Gasteiger partial charge < -0.3 is 0 Å². The van der Waals surface area contributed by atoms with Crippen LogP contribution in [0.3, 0.4) is 0 Å². The summed E-state index contributed by atoms with van der Waals surface area (Å²) in [5.41, 5.74) is 7.20. The highest BCUT2D eigenvalue weighted by atomic mass is 14.7. The molecule has 0 atom stereocenters. The Morgan fingerprint density at radius 2 is 1.25 bits per heavy atom. The minimum atomic E-state index is 1.07. The second-order valence-corrected chi connectivity index (χ2v) is 4.55.